The molecule has 0 fully saturated rings. The molecular formula is C17H30N2. The second-order valence-electron chi connectivity index (χ2n) is 5.41. The van der Waals surface area contributed by atoms with Crippen LogP contribution in [0.5, 0.6) is 0 Å². The van der Waals surface area contributed by atoms with Gasteiger partial charge in [-0.3, -0.25) is 0 Å². The Morgan fingerprint density at radius 2 is 1.68 bits per heavy atom. The summed E-state index contributed by atoms with van der Waals surface area (Å²) in [5.74, 6) is 0. The Kier molecular flexibility index (Phi) is 6.93. The van der Waals surface area contributed by atoms with E-state index in [9.17, 15) is 0 Å². The van der Waals surface area contributed by atoms with Crippen LogP contribution in [0.4, 0.5) is 5.69 Å². The minimum atomic E-state index is 0.168. The molecule has 0 radical (unpaired) electrons. The first-order valence-corrected chi connectivity index (χ1v) is 7.76. The fourth-order valence-corrected chi connectivity index (χ4v) is 2.30. The summed E-state index contributed by atoms with van der Waals surface area (Å²) in [6.45, 7) is 10.1. The Morgan fingerprint density at radius 1 is 1.05 bits per heavy atom. The molecule has 19 heavy (non-hydrogen) atoms. The molecule has 0 aliphatic rings. The SMILES string of the molecule is CCCCN(c1ccc([C@H](N)CC)cc1)C(C)CC. The van der Waals surface area contributed by atoms with Crippen molar-refractivity contribution in [2.75, 3.05) is 11.4 Å². The third-order valence-electron chi connectivity index (χ3n) is 3.97. The summed E-state index contributed by atoms with van der Waals surface area (Å²) in [6.07, 6.45) is 4.66. The normalized spacial score (nSPS) is 14.2. The lowest BCUT2D eigenvalue weighted by Crippen LogP contribution is -2.33. The Bertz CT molecular complexity index is 345. The Morgan fingerprint density at radius 3 is 2.16 bits per heavy atom. The Labute approximate surface area is 119 Å². The number of nitrogens with zero attached hydrogens (tertiary/aromatic N) is 1. The van der Waals surface area contributed by atoms with E-state index in [1.54, 1.807) is 0 Å². The van der Waals surface area contributed by atoms with E-state index in [-0.39, 0.29) is 6.04 Å². The minimum Gasteiger partial charge on any atom is -0.369 e. The first-order valence-electron chi connectivity index (χ1n) is 7.76. The topological polar surface area (TPSA) is 29.3 Å². The molecule has 1 rings (SSSR count). The van der Waals surface area contributed by atoms with Crippen molar-refractivity contribution in [1.29, 1.82) is 0 Å². The van der Waals surface area contributed by atoms with E-state index in [4.69, 9.17) is 5.73 Å². The van der Waals surface area contributed by atoms with Crippen LogP contribution in [0.3, 0.4) is 0 Å². The van der Waals surface area contributed by atoms with Gasteiger partial charge in [0.15, 0.2) is 0 Å². The standard InChI is InChI=1S/C17H30N2/c1-5-8-13-19(14(4)6-2)16-11-9-15(10-12-16)17(18)7-3/h9-12,14,17H,5-8,13,18H2,1-4H3/t14?,17-/m1/s1. The van der Waals surface area contributed by atoms with Crippen LogP contribution in [-0.2, 0) is 0 Å². The second kappa shape index (κ2) is 8.21. The number of nitrogens with two attached hydrogens (primary N) is 1. The van der Waals surface area contributed by atoms with Crippen LogP contribution in [0.2, 0.25) is 0 Å². The highest BCUT2D eigenvalue weighted by atomic mass is 15.2. The monoisotopic (exact) mass is 262 g/mol. The lowest BCUT2D eigenvalue weighted by Gasteiger charge is -2.31. The van der Waals surface area contributed by atoms with Crippen LogP contribution < -0.4 is 10.6 Å². The van der Waals surface area contributed by atoms with Crippen LogP contribution in [-0.4, -0.2) is 12.6 Å². The van der Waals surface area contributed by atoms with Gasteiger partial charge in [-0.2, -0.15) is 0 Å². The number of benzene rings is 1. The molecule has 2 N–H and O–H groups in total. The Balaban J connectivity index is 2.84. The molecule has 0 bridgehead atoms. The van der Waals surface area contributed by atoms with Crippen molar-refractivity contribution >= 4 is 5.69 Å². The molecule has 108 valence electrons. The van der Waals surface area contributed by atoms with Gasteiger partial charge in [0.2, 0.25) is 0 Å². The molecule has 1 aromatic carbocycles. The van der Waals surface area contributed by atoms with Crippen molar-refractivity contribution in [3.63, 3.8) is 0 Å². The summed E-state index contributed by atoms with van der Waals surface area (Å²) in [5, 5.41) is 0. The highest BCUT2D eigenvalue weighted by Crippen LogP contribution is 2.22. The van der Waals surface area contributed by atoms with E-state index in [2.05, 4.69) is 56.9 Å². The molecule has 0 aliphatic carbocycles. The fourth-order valence-electron chi connectivity index (χ4n) is 2.30. The first-order chi connectivity index (χ1) is 9.13. The minimum absolute atomic E-state index is 0.168. The zero-order valence-corrected chi connectivity index (χ0v) is 13.0. The van der Waals surface area contributed by atoms with Gasteiger partial charge >= 0.3 is 0 Å². The Hall–Kier alpha value is -1.02. The lowest BCUT2D eigenvalue weighted by atomic mass is 10.0. The quantitative estimate of drug-likeness (QED) is 0.747. The van der Waals surface area contributed by atoms with Gasteiger partial charge in [0, 0.05) is 24.3 Å². The number of hydrogen-bond donors (Lipinski definition) is 1. The van der Waals surface area contributed by atoms with Crippen molar-refractivity contribution in [1.82, 2.24) is 0 Å². The van der Waals surface area contributed by atoms with Crippen molar-refractivity contribution in [2.24, 2.45) is 5.73 Å². The van der Waals surface area contributed by atoms with Crippen LogP contribution >= 0.6 is 0 Å². The van der Waals surface area contributed by atoms with Crippen LogP contribution in [0, 0.1) is 0 Å². The molecule has 0 spiro atoms. The van der Waals surface area contributed by atoms with Gasteiger partial charge in [-0.05, 0) is 43.9 Å². The highest BCUT2D eigenvalue weighted by molar-refractivity contribution is 5.48. The van der Waals surface area contributed by atoms with E-state index in [0.29, 0.717) is 6.04 Å². The molecular weight excluding hydrogens is 232 g/mol. The zero-order valence-electron chi connectivity index (χ0n) is 13.0. The third kappa shape index (κ3) is 4.54. The molecule has 0 saturated heterocycles. The van der Waals surface area contributed by atoms with Gasteiger partial charge in [-0.25, -0.2) is 0 Å². The average Bonchev–Trinajstić information content (AvgIpc) is 2.47. The van der Waals surface area contributed by atoms with Gasteiger partial charge in [0.05, 0.1) is 0 Å². The van der Waals surface area contributed by atoms with Crippen molar-refractivity contribution in [3.05, 3.63) is 29.8 Å². The lowest BCUT2D eigenvalue weighted by molar-refractivity contribution is 0.595. The fraction of sp³-hybridized carbons (Fsp3) is 0.647. The van der Waals surface area contributed by atoms with Gasteiger partial charge < -0.3 is 10.6 Å². The summed E-state index contributed by atoms with van der Waals surface area (Å²) >= 11 is 0. The van der Waals surface area contributed by atoms with Gasteiger partial charge in [0.1, 0.15) is 0 Å². The molecule has 0 heterocycles. The van der Waals surface area contributed by atoms with Gasteiger partial charge in [-0.1, -0.05) is 39.3 Å². The smallest absolute Gasteiger partial charge is 0.0368 e. The van der Waals surface area contributed by atoms with Gasteiger partial charge in [0.25, 0.3) is 0 Å². The molecule has 2 heteroatoms. The molecule has 1 unspecified atom stereocenters. The first kappa shape index (κ1) is 16.0. The van der Waals surface area contributed by atoms with Crippen molar-refractivity contribution in [3.8, 4) is 0 Å². The maximum Gasteiger partial charge on any atom is 0.0368 e. The van der Waals surface area contributed by atoms with Crippen molar-refractivity contribution in [2.45, 2.75) is 65.5 Å². The number of unbranched alkanes of at least 4 members (excludes halogenated alkanes) is 1. The zero-order chi connectivity index (χ0) is 14.3. The van der Waals surface area contributed by atoms with E-state index in [1.807, 2.05) is 0 Å². The summed E-state index contributed by atoms with van der Waals surface area (Å²) in [7, 11) is 0. The molecule has 0 aromatic heterocycles. The van der Waals surface area contributed by atoms with E-state index in [0.717, 1.165) is 13.0 Å². The van der Waals surface area contributed by atoms with Crippen LogP contribution in [0.25, 0.3) is 0 Å². The van der Waals surface area contributed by atoms with Crippen LogP contribution in [0.1, 0.15) is 65.0 Å². The molecule has 2 atom stereocenters. The number of rotatable bonds is 8. The molecule has 0 saturated carbocycles. The van der Waals surface area contributed by atoms with Crippen LogP contribution in [0.15, 0.2) is 24.3 Å². The predicted octanol–water partition coefficient (Wildman–Crippen LogP) is 4.50. The maximum absolute atomic E-state index is 6.07. The molecule has 2 nitrogen and oxygen atoms in total. The average molecular weight is 262 g/mol. The van der Waals surface area contributed by atoms with E-state index < -0.39 is 0 Å². The molecule has 1 aromatic rings. The summed E-state index contributed by atoms with van der Waals surface area (Å²) in [6, 6.07) is 9.59. The molecule has 0 aliphatic heterocycles. The second-order valence-corrected chi connectivity index (χ2v) is 5.41. The maximum atomic E-state index is 6.07. The summed E-state index contributed by atoms with van der Waals surface area (Å²) in [5.41, 5.74) is 8.64. The number of hydrogen-bond acceptors (Lipinski definition) is 2. The third-order valence-corrected chi connectivity index (χ3v) is 3.97. The van der Waals surface area contributed by atoms with Crippen molar-refractivity contribution < 1.29 is 0 Å². The number of anilines is 1. The van der Waals surface area contributed by atoms with Gasteiger partial charge in [-0.15, -0.1) is 0 Å². The predicted molar refractivity (Wildman–Crippen MR) is 85.7 cm³/mol. The summed E-state index contributed by atoms with van der Waals surface area (Å²) in [4.78, 5) is 2.52. The molecule has 0 amide bonds. The summed E-state index contributed by atoms with van der Waals surface area (Å²) < 4.78 is 0. The van der Waals surface area contributed by atoms with E-state index >= 15 is 0 Å². The van der Waals surface area contributed by atoms with E-state index in [1.165, 1.54) is 30.5 Å². The largest absolute Gasteiger partial charge is 0.369 e. The highest BCUT2D eigenvalue weighted by Gasteiger charge is 2.13.